The predicted molar refractivity (Wildman–Crippen MR) is 86.8 cm³/mol. The third kappa shape index (κ3) is 3.83. The van der Waals surface area contributed by atoms with Crippen molar-refractivity contribution in [3.63, 3.8) is 0 Å². The Morgan fingerprint density at radius 2 is 2.38 bits per heavy atom. The van der Waals surface area contributed by atoms with Crippen LogP contribution in [0.2, 0.25) is 0 Å². The first kappa shape index (κ1) is 15.0. The molecule has 2 unspecified atom stereocenters. The molecule has 4 nitrogen and oxygen atoms in total. The SMILES string of the molecule is CCCC1CCc2nc(NC(=O)CC3CCCN3)sc2C1. The molecular formula is C16H25N3OS. The Labute approximate surface area is 130 Å². The fraction of sp³-hybridized carbons (Fsp3) is 0.750. The molecular weight excluding hydrogens is 282 g/mol. The van der Waals surface area contributed by atoms with Crippen LogP contribution in [0, 0.1) is 5.92 Å². The minimum Gasteiger partial charge on any atom is -0.313 e. The van der Waals surface area contributed by atoms with Crippen molar-refractivity contribution in [1.29, 1.82) is 0 Å². The van der Waals surface area contributed by atoms with Gasteiger partial charge in [-0.25, -0.2) is 4.98 Å². The quantitative estimate of drug-likeness (QED) is 0.879. The number of fused-ring (bicyclic) bond motifs is 1. The minimum absolute atomic E-state index is 0.102. The standard InChI is InChI=1S/C16H25N3OS/c1-2-4-11-6-7-13-14(9-11)21-16(18-13)19-15(20)10-12-5-3-8-17-12/h11-12,17H,2-10H2,1H3,(H,18,19,20). The molecule has 116 valence electrons. The number of carbonyl (C=O) groups is 1. The summed E-state index contributed by atoms with van der Waals surface area (Å²) in [5.41, 5.74) is 1.22. The maximum atomic E-state index is 12.1. The van der Waals surface area contributed by atoms with Crippen molar-refractivity contribution < 1.29 is 4.79 Å². The molecule has 1 fully saturated rings. The van der Waals surface area contributed by atoms with E-state index in [0.29, 0.717) is 12.5 Å². The number of thiazole rings is 1. The molecule has 2 aliphatic rings. The van der Waals surface area contributed by atoms with E-state index in [0.717, 1.165) is 36.9 Å². The number of nitrogens with one attached hydrogen (secondary N) is 2. The van der Waals surface area contributed by atoms with Crippen LogP contribution in [0.3, 0.4) is 0 Å². The Morgan fingerprint density at radius 1 is 1.48 bits per heavy atom. The Morgan fingerprint density at radius 3 is 3.14 bits per heavy atom. The second-order valence-electron chi connectivity index (χ2n) is 6.33. The average Bonchev–Trinajstić information content (AvgIpc) is 3.07. The summed E-state index contributed by atoms with van der Waals surface area (Å²) in [7, 11) is 0. The van der Waals surface area contributed by atoms with Crippen LogP contribution in [-0.4, -0.2) is 23.5 Å². The van der Waals surface area contributed by atoms with Gasteiger partial charge in [-0.2, -0.15) is 0 Å². The lowest BCUT2D eigenvalue weighted by molar-refractivity contribution is -0.116. The van der Waals surface area contributed by atoms with Crippen LogP contribution >= 0.6 is 11.3 Å². The summed E-state index contributed by atoms with van der Waals surface area (Å²) in [6, 6.07) is 0.355. The molecule has 0 aromatic carbocycles. The van der Waals surface area contributed by atoms with Crippen LogP contribution in [-0.2, 0) is 17.6 Å². The highest BCUT2D eigenvalue weighted by atomic mass is 32.1. The number of nitrogens with zero attached hydrogens (tertiary/aromatic N) is 1. The van der Waals surface area contributed by atoms with Gasteiger partial charge < -0.3 is 10.6 Å². The molecule has 0 bridgehead atoms. The first-order valence-corrected chi connectivity index (χ1v) is 9.08. The lowest BCUT2D eigenvalue weighted by Crippen LogP contribution is -2.27. The summed E-state index contributed by atoms with van der Waals surface area (Å²) in [4.78, 5) is 18.1. The highest BCUT2D eigenvalue weighted by Crippen LogP contribution is 2.34. The van der Waals surface area contributed by atoms with Crippen LogP contribution in [0.1, 0.15) is 56.0 Å². The van der Waals surface area contributed by atoms with Gasteiger partial charge in [0.1, 0.15) is 0 Å². The van der Waals surface area contributed by atoms with Gasteiger partial charge in [-0.3, -0.25) is 4.79 Å². The summed E-state index contributed by atoms with van der Waals surface area (Å²) in [6.07, 6.45) is 8.93. The van der Waals surface area contributed by atoms with Gasteiger partial charge in [0.15, 0.2) is 5.13 Å². The van der Waals surface area contributed by atoms with E-state index in [1.807, 2.05) is 0 Å². The van der Waals surface area contributed by atoms with E-state index in [1.165, 1.54) is 36.3 Å². The van der Waals surface area contributed by atoms with E-state index in [2.05, 4.69) is 22.5 Å². The summed E-state index contributed by atoms with van der Waals surface area (Å²) in [5, 5.41) is 7.17. The molecule has 1 aromatic heterocycles. The number of aromatic nitrogens is 1. The zero-order valence-corrected chi connectivity index (χ0v) is 13.6. The number of amides is 1. The predicted octanol–water partition coefficient (Wildman–Crippen LogP) is 3.13. The molecule has 2 N–H and O–H groups in total. The second kappa shape index (κ2) is 6.88. The summed E-state index contributed by atoms with van der Waals surface area (Å²) in [5.74, 6) is 0.916. The molecule has 2 heterocycles. The third-order valence-electron chi connectivity index (χ3n) is 4.58. The van der Waals surface area contributed by atoms with Gasteiger partial charge in [0.2, 0.25) is 5.91 Å². The van der Waals surface area contributed by atoms with Gasteiger partial charge in [-0.05, 0) is 44.6 Å². The normalized spacial score (nSPS) is 24.8. The highest BCUT2D eigenvalue weighted by molar-refractivity contribution is 7.15. The Kier molecular flexibility index (Phi) is 4.91. The zero-order valence-electron chi connectivity index (χ0n) is 12.8. The fourth-order valence-electron chi connectivity index (χ4n) is 3.48. The Bertz CT molecular complexity index is 494. The van der Waals surface area contributed by atoms with Crippen LogP contribution in [0.4, 0.5) is 5.13 Å². The van der Waals surface area contributed by atoms with E-state index in [1.54, 1.807) is 11.3 Å². The van der Waals surface area contributed by atoms with Gasteiger partial charge in [0, 0.05) is 17.3 Å². The first-order chi connectivity index (χ1) is 10.2. The van der Waals surface area contributed by atoms with Gasteiger partial charge in [0.25, 0.3) is 0 Å². The van der Waals surface area contributed by atoms with Crippen molar-refractivity contribution in [1.82, 2.24) is 10.3 Å². The lowest BCUT2D eigenvalue weighted by Gasteiger charge is -2.19. The summed E-state index contributed by atoms with van der Waals surface area (Å²) in [6.45, 7) is 3.30. The molecule has 0 saturated carbocycles. The molecule has 1 saturated heterocycles. The van der Waals surface area contributed by atoms with Gasteiger partial charge in [0.05, 0.1) is 5.69 Å². The van der Waals surface area contributed by atoms with Crippen molar-refractivity contribution in [3.8, 4) is 0 Å². The number of aryl methyl sites for hydroxylation is 1. The molecule has 0 radical (unpaired) electrons. The largest absolute Gasteiger partial charge is 0.313 e. The van der Waals surface area contributed by atoms with Gasteiger partial charge in [-0.15, -0.1) is 11.3 Å². The summed E-state index contributed by atoms with van der Waals surface area (Å²) >= 11 is 1.69. The molecule has 21 heavy (non-hydrogen) atoms. The molecule has 1 aliphatic heterocycles. The van der Waals surface area contributed by atoms with Crippen LogP contribution in [0.5, 0.6) is 0 Å². The van der Waals surface area contributed by atoms with Crippen molar-refractivity contribution in [3.05, 3.63) is 10.6 Å². The fourth-order valence-corrected chi connectivity index (χ4v) is 4.62. The molecule has 1 amide bonds. The molecule has 2 atom stereocenters. The van der Waals surface area contributed by atoms with Gasteiger partial charge in [-0.1, -0.05) is 19.8 Å². The maximum absolute atomic E-state index is 12.1. The van der Waals surface area contributed by atoms with Crippen molar-refractivity contribution >= 4 is 22.4 Å². The van der Waals surface area contributed by atoms with E-state index in [4.69, 9.17) is 0 Å². The maximum Gasteiger partial charge on any atom is 0.227 e. The molecule has 1 aromatic rings. The monoisotopic (exact) mass is 307 g/mol. The van der Waals surface area contributed by atoms with E-state index < -0.39 is 0 Å². The van der Waals surface area contributed by atoms with Crippen molar-refractivity contribution in [2.75, 3.05) is 11.9 Å². The molecule has 5 heteroatoms. The van der Waals surface area contributed by atoms with E-state index in [9.17, 15) is 4.79 Å². The topological polar surface area (TPSA) is 54.0 Å². The number of anilines is 1. The molecule has 1 aliphatic carbocycles. The van der Waals surface area contributed by atoms with E-state index in [-0.39, 0.29) is 5.91 Å². The molecule has 0 spiro atoms. The van der Waals surface area contributed by atoms with Crippen molar-refractivity contribution in [2.45, 2.75) is 64.3 Å². The van der Waals surface area contributed by atoms with Crippen molar-refractivity contribution in [2.24, 2.45) is 5.92 Å². The van der Waals surface area contributed by atoms with Crippen LogP contribution in [0.25, 0.3) is 0 Å². The number of hydrogen-bond acceptors (Lipinski definition) is 4. The van der Waals surface area contributed by atoms with Crippen LogP contribution < -0.4 is 10.6 Å². The minimum atomic E-state index is 0.102. The molecule has 3 rings (SSSR count). The van der Waals surface area contributed by atoms with Gasteiger partial charge >= 0.3 is 0 Å². The lowest BCUT2D eigenvalue weighted by atomic mass is 9.88. The number of hydrogen-bond donors (Lipinski definition) is 2. The Hall–Kier alpha value is -0.940. The van der Waals surface area contributed by atoms with Crippen LogP contribution in [0.15, 0.2) is 0 Å². The summed E-state index contributed by atoms with van der Waals surface area (Å²) < 4.78 is 0. The highest BCUT2D eigenvalue weighted by Gasteiger charge is 2.23. The smallest absolute Gasteiger partial charge is 0.227 e. The second-order valence-corrected chi connectivity index (χ2v) is 7.42. The first-order valence-electron chi connectivity index (χ1n) is 8.26. The zero-order chi connectivity index (χ0) is 14.7. The Balaban J connectivity index is 1.56. The third-order valence-corrected chi connectivity index (χ3v) is 5.61. The number of rotatable bonds is 5. The van der Waals surface area contributed by atoms with E-state index >= 15 is 0 Å². The average molecular weight is 307 g/mol. The number of carbonyl (C=O) groups excluding carboxylic acids is 1.